The third-order valence-corrected chi connectivity index (χ3v) is 5.53. The molecule has 2 aliphatic rings. The fourth-order valence-corrected chi connectivity index (χ4v) is 4.05. The number of rotatable bonds is 7. The van der Waals surface area contributed by atoms with Crippen molar-refractivity contribution in [3.63, 3.8) is 0 Å². The Balaban J connectivity index is 1.57. The molecule has 0 spiro atoms. The molecule has 1 heterocycles. The molecule has 0 radical (unpaired) electrons. The molecule has 1 aliphatic carbocycles. The molecule has 3 nitrogen and oxygen atoms in total. The third kappa shape index (κ3) is 6.55. The first-order chi connectivity index (χ1) is 10.5. The molecule has 130 valence electrons. The van der Waals surface area contributed by atoms with Crippen molar-refractivity contribution in [2.45, 2.75) is 71.5 Å². The molecule has 22 heavy (non-hydrogen) atoms. The van der Waals surface area contributed by atoms with Gasteiger partial charge in [-0.05, 0) is 77.8 Å². The van der Waals surface area contributed by atoms with Crippen molar-refractivity contribution in [3.8, 4) is 0 Å². The van der Waals surface area contributed by atoms with Gasteiger partial charge in [0.15, 0.2) is 0 Å². The minimum atomic E-state index is 0.393. The molecule has 1 saturated heterocycles. The molecule has 2 rings (SSSR count). The molecule has 0 amide bonds. The fourth-order valence-electron chi connectivity index (χ4n) is 4.05. The van der Waals surface area contributed by atoms with E-state index in [1.54, 1.807) is 0 Å². The van der Waals surface area contributed by atoms with E-state index in [-0.39, 0.29) is 0 Å². The maximum absolute atomic E-state index is 5.97. The monoisotopic (exact) mass is 310 g/mol. The zero-order valence-corrected chi connectivity index (χ0v) is 15.4. The second kappa shape index (κ2) is 9.24. The Morgan fingerprint density at radius 2 is 1.59 bits per heavy atom. The molecular weight excluding hydrogens is 272 g/mol. The number of piperazine rings is 1. The van der Waals surface area contributed by atoms with E-state index >= 15 is 0 Å². The molecule has 0 bridgehead atoms. The molecule has 3 heteroatoms. The van der Waals surface area contributed by atoms with Gasteiger partial charge in [0.25, 0.3) is 0 Å². The molecular formula is C19H38N2O. The van der Waals surface area contributed by atoms with Crippen LogP contribution in [0.5, 0.6) is 0 Å². The maximum atomic E-state index is 5.97. The van der Waals surface area contributed by atoms with Gasteiger partial charge in [-0.3, -0.25) is 0 Å². The molecule has 1 atom stereocenters. The average Bonchev–Trinajstić information content (AvgIpc) is 2.48. The van der Waals surface area contributed by atoms with E-state index in [9.17, 15) is 0 Å². The van der Waals surface area contributed by atoms with Gasteiger partial charge in [-0.15, -0.1) is 0 Å². The molecule has 1 aliphatic heterocycles. The Morgan fingerprint density at radius 3 is 2.18 bits per heavy atom. The molecule has 2 fully saturated rings. The normalized spacial score (nSPS) is 29.9. The van der Waals surface area contributed by atoms with Crippen molar-refractivity contribution in [3.05, 3.63) is 0 Å². The number of ether oxygens (including phenoxy) is 1. The van der Waals surface area contributed by atoms with E-state index in [1.807, 2.05) is 0 Å². The van der Waals surface area contributed by atoms with E-state index < -0.39 is 0 Å². The van der Waals surface area contributed by atoms with E-state index in [0.29, 0.717) is 12.2 Å². The summed E-state index contributed by atoms with van der Waals surface area (Å²) in [5.74, 6) is 1.83. The Hall–Kier alpha value is -0.120. The van der Waals surface area contributed by atoms with Crippen LogP contribution < -0.4 is 0 Å². The minimum absolute atomic E-state index is 0.393. The van der Waals surface area contributed by atoms with Crippen LogP contribution in [0.1, 0.15) is 59.3 Å². The van der Waals surface area contributed by atoms with Crippen LogP contribution in [0, 0.1) is 11.8 Å². The highest BCUT2D eigenvalue weighted by Gasteiger charge is 2.24. The van der Waals surface area contributed by atoms with E-state index in [4.69, 9.17) is 4.74 Å². The average molecular weight is 311 g/mol. The lowest BCUT2D eigenvalue weighted by Crippen LogP contribution is -2.44. The third-order valence-electron chi connectivity index (χ3n) is 5.53. The highest BCUT2D eigenvalue weighted by atomic mass is 16.5. The van der Waals surface area contributed by atoms with Gasteiger partial charge in [0.05, 0.1) is 12.2 Å². The first kappa shape index (κ1) is 18.2. The maximum Gasteiger partial charge on any atom is 0.0578 e. The first-order valence-corrected chi connectivity index (χ1v) is 9.59. The second-order valence-corrected chi connectivity index (χ2v) is 8.10. The van der Waals surface area contributed by atoms with Crippen LogP contribution in [0.2, 0.25) is 0 Å². The van der Waals surface area contributed by atoms with Crippen molar-refractivity contribution in [2.24, 2.45) is 11.8 Å². The number of nitrogens with zero attached hydrogens (tertiary/aromatic N) is 2. The Morgan fingerprint density at radius 1 is 0.955 bits per heavy atom. The van der Waals surface area contributed by atoms with Crippen molar-refractivity contribution >= 4 is 0 Å². The summed E-state index contributed by atoms with van der Waals surface area (Å²) < 4.78 is 5.97. The standard InChI is InChI=1S/C19H38N2O/c1-16(2)22-19-7-5-18(6-8-19)15-17(3)9-10-21-13-11-20(4)12-14-21/h16-19H,5-15H2,1-4H3/t17-,18?,19?/m1/s1. The van der Waals surface area contributed by atoms with Gasteiger partial charge in [-0.2, -0.15) is 0 Å². The highest BCUT2D eigenvalue weighted by Crippen LogP contribution is 2.32. The van der Waals surface area contributed by atoms with Gasteiger partial charge in [0.2, 0.25) is 0 Å². The van der Waals surface area contributed by atoms with Crippen LogP contribution in [0.25, 0.3) is 0 Å². The van der Waals surface area contributed by atoms with Gasteiger partial charge in [0.1, 0.15) is 0 Å². The Bertz CT molecular complexity index is 292. The summed E-state index contributed by atoms with van der Waals surface area (Å²) in [6.45, 7) is 13.1. The molecule has 0 unspecified atom stereocenters. The van der Waals surface area contributed by atoms with Crippen molar-refractivity contribution in [2.75, 3.05) is 39.8 Å². The first-order valence-electron chi connectivity index (χ1n) is 9.59. The van der Waals surface area contributed by atoms with Crippen molar-refractivity contribution in [1.82, 2.24) is 9.80 Å². The largest absolute Gasteiger partial charge is 0.376 e. The molecule has 0 N–H and O–H groups in total. The van der Waals surface area contributed by atoms with E-state index in [0.717, 1.165) is 11.8 Å². The van der Waals surface area contributed by atoms with Gasteiger partial charge < -0.3 is 14.5 Å². The zero-order valence-electron chi connectivity index (χ0n) is 15.4. The quantitative estimate of drug-likeness (QED) is 0.714. The second-order valence-electron chi connectivity index (χ2n) is 8.10. The lowest BCUT2D eigenvalue weighted by Gasteiger charge is -2.34. The van der Waals surface area contributed by atoms with Gasteiger partial charge >= 0.3 is 0 Å². The van der Waals surface area contributed by atoms with Crippen molar-refractivity contribution < 1.29 is 4.74 Å². The molecule has 0 aromatic carbocycles. The summed E-state index contributed by atoms with van der Waals surface area (Å²) in [6.07, 6.45) is 9.09. The molecule has 0 aromatic heterocycles. The smallest absolute Gasteiger partial charge is 0.0578 e. The zero-order chi connectivity index (χ0) is 15.9. The summed E-state index contributed by atoms with van der Waals surface area (Å²) in [5.41, 5.74) is 0. The lowest BCUT2D eigenvalue weighted by atomic mass is 9.81. The van der Waals surface area contributed by atoms with E-state index in [1.165, 1.54) is 71.2 Å². The molecule has 1 saturated carbocycles. The summed E-state index contributed by atoms with van der Waals surface area (Å²) in [6, 6.07) is 0. The Labute approximate surface area is 138 Å². The van der Waals surface area contributed by atoms with Crippen LogP contribution in [-0.2, 0) is 4.74 Å². The topological polar surface area (TPSA) is 15.7 Å². The Kier molecular flexibility index (Phi) is 7.66. The van der Waals surface area contributed by atoms with E-state index in [2.05, 4.69) is 37.6 Å². The number of likely N-dealkylation sites (N-methyl/N-ethyl adjacent to an activating group) is 1. The predicted octanol–water partition coefficient (Wildman–Crippen LogP) is 3.63. The lowest BCUT2D eigenvalue weighted by molar-refractivity contribution is -0.0213. The van der Waals surface area contributed by atoms with Gasteiger partial charge in [-0.25, -0.2) is 0 Å². The van der Waals surface area contributed by atoms with Crippen LogP contribution >= 0.6 is 0 Å². The van der Waals surface area contributed by atoms with Crippen molar-refractivity contribution in [1.29, 1.82) is 0 Å². The number of hydrogen-bond donors (Lipinski definition) is 0. The highest BCUT2D eigenvalue weighted by molar-refractivity contribution is 4.76. The van der Waals surface area contributed by atoms with Crippen LogP contribution in [0.4, 0.5) is 0 Å². The molecule has 0 aromatic rings. The predicted molar refractivity (Wildman–Crippen MR) is 94.3 cm³/mol. The van der Waals surface area contributed by atoms with Gasteiger partial charge in [0, 0.05) is 26.2 Å². The van der Waals surface area contributed by atoms with Crippen LogP contribution in [-0.4, -0.2) is 61.8 Å². The summed E-state index contributed by atoms with van der Waals surface area (Å²) in [7, 11) is 2.24. The van der Waals surface area contributed by atoms with Crippen LogP contribution in [0.3, 0.4) is 0 Å². The van der Waals surface area contributed by atoms with Gasteiger partial charge in [-0.1, -0.05) is 6.92 Å². The fraction of sp³-hybridized carbons (Fsp3) is 1.00. The minimum Gasteiger partial charge on any atom is -0.376 e. The summed E-state index contributed by atoms with van der Waals surface area (Å²) in [4.78, 5) is 5.10. The number of hydrogen-bond acceptors (Lipinski definition) is 3. The summed E-state index contributed by atoms with van der Waals surface area (Å²) >= 11 is 0. The summed E-state index contributed by atoms with van der Waals surface area (Å²) in [5, 5.41) is 0. The SMILES string of the molecule is CC(C)OC1CCC(C[C@H](C)CCN2CCN(C)CC2)CC1. The van der Waals surface area contributed by atoms with Crippen LogP contribution in [0.15, 0.2) is 0 Å².